The smallest absolute Gasteiger partial charge is 0.462 e. The Morgan fingerprint density at radius 3 is 0.866 bits per heavy atom. The number of carbonyl (C=O) groups excluding carboxylic acids is 4. The summed E-state index contributed by atoms with van der Waals surface area (Å²) in [6.07, 6.45) is 32.3. The van der Waals surface area contributed by atoms with E-state index in [2.05, 4.69) is 55.4 Å². The van der Waals surface area contributed by atoms with Crippen molar-refractivity contribution < 1.29 is 80.2 Å². The zero-order valence-corrected chi connectivity index (χ0v) is 54.9. The molecule has 6 atom stereocenters. The van der Waals surface area contributed by atoms with Gasteiger partial charge in [-0.15, -0.1) is 0 Å². The predicted octanol–water partition coefficient (Wildman–Crippen LogP) is 17.0. The van der Waals surface area contributed by atoms with Crippen molar-refractivity contribution in [2.45, 2.75) is 318 Å². The molecule has 0 aromatic carbocycles. The second kappa shape index (κ2) is 53.3. The molecule has 0 aliphatic rings. The molecule has 0 rings (SSSR count). The Hall–Kier alpha value is -1.94. The summed E-state index contributed by atoms with van der Waals surface area (Å²) in [5.74, 6) is 0.718. The van der Waals surface area contributed by atoms with Gasteiger partial charge >= 0.3 is 39.5 Å². The molecule has 0 aromatic heterocycles. The molecule has 0 spiro atoms. The van der Waals surface area contributed by atoms with Crippen molar-refractivity contribution in [3.63, 3.8) is 0 Å². The number of unbranched alkanes of at least 4 members (excludes halogenated alkanes) is 25. The third-order valence-electron chi connectivity index (χ3n) is 14.7. The molecule has 17 nitrogen and oxygen atoms in total. The van der Waals surface area contributed by atoms with E-state index in [1.165, 1.54) is 96.3 Å². The lowest BCUT2D eigenvalue weighted by molar-refractivity contribution is -0.161. The summed E-state index contributed by atoms with van der Waals surface area (Å²) < 4.78 is 67.9. The van der Waals surface area contributed by atoms with E-state index in [9.17, 15) is 43.2 Å². The van der Waals surface area contributed by atoms with Crippen LogP contribution in [0.3, 0.4) is 0 Å². The predicted molar refractivity (Wildman–Crippen MR) is 326 cm³/mol. The molecule has 3 N–H and O–H groups in total. The van der Waals surface area contributed by atoms with Crippen LogP contribution >= 0.6 is 15.6 Å². The number of hydrogen-bond acceptors (Lipinski definition) is 15. The number of esters is 4. The van der Waals surface area contributed by atoms with Gasteiger partial charge in [0.05, 0.1) is 26.4 Å². The maximum Gasteiger partial charge on any atom is 0.472 e. The molecule has 0 saturated carbocycles. The molecule has 82 heavy (non-hydrogen) atoms. The summed E-state index contributed by atoms with van der Waals surface area (Å²) >= 11 is 0. The van der Waals surface area contributed by atoms with Crippen LogP contribution in [-0.2, 0) is 65.4 Å². The minimum Gasteiger partial charge on any atom is -0.462 e. The van der Waals surface area contributed by atoms with Gasteiger partial charge in [0.25, 0.3) is 0 Å². The summed E-state index contributed by atoms with van der Waals surface area (Å²) in [7, 11) is -9.89. The zero-order chi connectivity index (χ0) is 61.1. The average Bonchev–Trinajstić information content (AvgIpc) is 3.44. The number of aliphatic hydroxyl groups excluding tert-OH is 1. The van der Waals surface area contributed by atoms with Crippen molar-refractivity contribution in [2.24, 2.45) is 23.7 Å². The first-order chi connectivity index (χ1) is 39.1. The Labute approximate surface area is 498 Å². The van der Waals surface area contributed by atoms with Crippen LogP contribution in [0.2, 0.25) is 0 Å². The van der Waals surface area contributed by atoms with E-state index in [4.69, 9.17) is 37.0 Å². The van der Waals surface area contributed by atoms with Crippen LogP contribution in [0.1, 0.15) is 299 Å². The molecule has 19 heteroatoms. The second-order valence-corrected chi connectivity index (χ2v) is 27.4. The van der Waals surface area contributed by atoms with Gasteiger partial charge in [-0.2, -0.15) is 0 Å². The first-order valence-electron chi connectivity index (χ1n) is 32.7. The lowest BCUT2D eigenvalue weighted by Gasteiger charge is -2.21. The monoisotopic (exact) mass is 1210 g/mol. The Balaban J connectivity index is 5.25. The summed E-state index contributed by atoms with van der Waals surface area (Å²) in [5.41, 5.74) is 0. The Morgan fingerprint density at radius 1 is 0.341 bits per heavy atom. The van der Waals surface area contributed by atoms with Gasteiger partial charge < -0.3 is 33.8 Å². The maximum atomic E-state index is 13.0. The van der Waals surface area contributed by atoms with Gasteiger partial charge in [0.15, 0.2) is 12.2 Å². The van der Waals surface area contributed by atoms with E-state index in [-0.39, 0.29) is 25.7 Å². The van der Waals surface area contributed by atoms with E-state index in [1.807, 2.05) is 0 Å². The second-order valence-electron chi connectivity index (χ2n) is 24.5. The van der Waals surface area contributed by atoms with E-state index in [0.29, 0.717) is 31.6 Å². The molecule has 0 heterocycles. The van der Waals surface area contributed by atoms with Crippen LogP contribution in [0.15, 0.2) is 0 Å². The highest BCUT2D eigenvalue weighted by Crippen LogP contribution is 2.45. The van der Waals surface area contributed by atoms with Crippen LogP contribution < -0.4 is 0 Å². The Kier molecular flexibility index (Phi) is 52.0. The van der Waals surface area contributed by atoms with Crippen LogP contribution in [-0.4, -0.2) is 96.7 Å². The minimum absolute atomic E-state index is 0.101. The van der Waals surface area contributed by atoms with Gasteiger partial charge in [-0.25, -0.2) is 9.13 Å². The van der Waals surface area contributed by atoms with Gasteiger partial charge in [0, 0.05) is 25.7 Å². The lowest BCUT2D eigenvalue weighted by Crippen LogP contribution is -2.30. The number of rotatable bonds is 60. The number of carbonyl (C=O) groups is 4. The van der Waals surface area contributed by atoms with E-state index >= 15 is 0 Å². The Bertz CT molecular complexity index is 1650. The van der Waals surface area contributed by atoms with Crippen LogP contribution in [0.25, 0.3) is 0 Å². The van der Waals surface area contributed by atoms with Crippen molar-refractivity contribution in [2.75, 3.05) is 39.6 Å². The van der Waals surface area contributed by atoms with Crippen molar-refractivity contribution in [3.05, 3.63) is 0 Å². The average molecular weight is 1210 g/mol. The first-order valence-corrected chi connectivity index (χ1v) is 35.7. The SMILES string of the molecule is CCC(C)CCCCCCCCC(=O)OC[C@H](COP(=O)(O)OC[C@H](O)COP(=O)(O)OC[C@@H](COC(=O)CCCCCCCCCCC(C)C)OC(=O)CCCCCCCCC(C)C)OC(=O)CCCCCCCCCCCC(C)C. The van der Waals surface area contributed by atoms with Crippen molar-refractivity contribution >= 4 is 39.5 Å². The summed E-state index contributed by atoms with van der Waals surface area (Å²) in [6.45, 7) is 13.9. The van der Waals surface area contributed by atoms with Crippen molar-refractivity contribution in [3.8, 4) is 0 Å². The molecule has 486 valence electrons. The molecule has 0 amide bonds. The lowest BCUT2D eigenvalue weighted by atomic mass is 10.00. The van der Waals surface area contributed by atoms with Gasteiger partial charge in [-0.3, -0.25) is 37.3 Å². The fourth-order valence-corrected chi connectivity index (χ4v) is 10.8. The van der Waals surface area contributed by atoms with Gasteiger partial charge in [-0.1, -0.05) is 248 Å². The quantitative estimate of drug-likeness (QED) is 0.0222. The number of hydrogen-bond donors (Lipinski definition) is 3. The third-order valence-corrected chi connectivity index (χ3v) is 16.6. The molecular weight excluding hydrogens is 1090 g/mol. The molecule has 0 bridgehead atoms. The molecule has 0 aliphatic carbocycles. The molecule has 0 aliphatic heterocycles. The maximum absolute atomic E-state index is 13.0. The number of aliphatic hydroxyl groups is 1. The standard InChI is InChI=1S/C63H122O17P2/c1-9-56(8)42-34-26-20-22-28-36-44-61(66)74-50-58(79-62(67)45-37-29-18-12-10-11-15-23-31-39-53(2)3)51-77-81(69,70)75-47-57(64)48-76-82(71,72)78-52-59(80-63(68)46-38-30-21-19-25-33-41-55(6)7)49-73-60(65)43-35-27-17-14-13-16-24-32-40-54(4)5/h53-59,64H,9-52H2,1-8H3,(H,69,70)(H,71,72)/t56?,57-,58+,59+/m0/s1. The number of phosphoric acid groups is 2. The molecule has 0 radical (unpaired) electrons. The van der Waals surface area contributed by atoms with Gasteiger partial charge in [-0.05, 0) is 49.4 Å². The first kappa shape index (κ1) is 80.1. The highest BCUT2D eigenvalue weighted by molar-refractivity contribution is 7.47. The summed E-state index contributed by atoms with van der Waals surface area (Å²) in [4.78, 5) is 72.1. The largest absolute Gasteiger partial charge is 0.472 e. The van der Waals surface area contributed by atoms with Crippen LogP contribution in [0.4, 0.5) is 0 Å². The molecule has 3 unspecified atom stereocenters. The fourth-order valence-electron chi connectivity index (χ4n) is 9.22. The fraction of sp³-hybridized carbons (Fsp3) is 0.937. The van der Waals surface area contributed by atoms with Crippen LogP contribution in [0.5, 0.6) is 0 Å². The third kappa shape index (κ3) is 55.9. The number of phosphoric ester groups is 2. The zero-order valence-electron chi connectivity index (χ0n) is 53.1. The normalized spacial score (nSPS) is 14.8. The van der Waals surface area contributed by atoms with Crippen molar-refractivity contribution in [1.29, 1.82) is 0 Å². The van der Waals surface area contributed by atoms with E-state index < -0.39 is 97.5 Å². The molecule has 0 fully saturated rings. The van der Waals surface area contributed by atoms with Crippen LogP contribution in [0, 0.1) is 23.7 Å². The highest BCUT2D eigenvalue weighted by Gasteiger charge is 2.30. The molecule has 0 saturated heterocycles. The topological polar surface area (TPSA) is 237 Å². The van der Waals surface area contributed by atoms with Gasteiger partial charge in [0.1, 0.15) is 19.3 Å². The summed E-state index contributed by atoms with van der Waals surface area (Å²) in [6, 6.07) is 0. The molecular formula is C63H122O17P2. The minimum atomic E-state index is -4.94. The Morgan fingerprint density at radius 2 is 0.585 bits per heavy atom. The van der Waals surface area contributed by atoms with E-state index in [0.717, 1.165) is 114 Å². The van der Waals surface area contributed by atoms with E-state index in [1.54, 1.807) is 0 Å². The highest BCUT2D eigenvalue weighted by atomic mass is 31.2. The van der Waals surface area contributed by atoms with Crippen molar-refractivity contribution in [1.82, 2.24) is 0 Å². The molecule has 0 aromatic rings. The van der Waals surface area contributed by atoms with Gasteiger partial charge in [0.2, 0.25) is 0 Å². The number of ether oxygens (including phenoxy) is 4. The summed E-state index contributed by atoms with van der Waals surface area (Å²) in [5, 5.41) is 10.5.